The highest BCUT2D eigenvalue weighted by Crippen LogP contribution is 2.08. The summed E-state index contributed by atoms with van der Waals surface area (Å²) in [4.78, 5) is 0. The van der Waals surface area contributed by atoms with Crippen LogP contribution in [-0.4, -0.2) is 6.54 Å². The molecule has 0 heterocycles. The van der Waals surface area contributed by atoms with E-state index in [-0.39, 0.29) is 0 Å². The van der Waals surface area contributed by atoms with Gasteiger partial charge in [-0.25, -0.2) is 0 Å². The minimum atomic E-state index is 0.376. The molecule has 0 aliphatic heterocycles. The van der Waals surface area contributed by atoms with Crippen molar-refractivity contribution >= 4 is 0 Å². The third-order valence-electron chi connectivity index (χ3n) is 1.77. The molecular formula is C10H15N. The quantitative estimate of drug-likeness (QED) is 0.699. The van der Waals surface area contributed by atoms with E-state index in [2.05, 4.69) is 6.07 Å². The summed E-state index contributed by atoms with van der Waals surface area (Å²) in [6.07, 6.45) is 2.02. The zero-order chi connectivity index (χ0) is 8.81. The Morgan fingerprint density at radius 3 is 3.00 bits per heavy atom. The molecule has 0 aliphatic carbocycles. The van der Waals surface area contributed by atoms with Gasteiger partial charge in [-0.3, -0.25) is 0 Å². The lowest BCUT2D eigenvalue weighted by Gasteiger charge is -2.02. The van der Waals surface area contributed by atoms with E-state index in [4.69, 9.17) is 7.10 Å². The summed E-state index contributed by atoms with van der Waals surface area (Å²) in [6.45, 7) is 1.10. The van der Waals surface area contributed by atoms with Crippen molar-refractivity contribution in [1.29, 1.82) is 0 Å². The van der Waals surface area contributed by atoms with Crippen molar-refractivity contribution in [2.75, 3.05) is 6.54 Å². The van der Waals surface area contributed by atoms with E-state index in [1.54, 1.807) is 0 Å². The number of nitrogens with two attached hydrogens (primary N) is 1. The van der Waals surface area contributed by atoms with E-state index < -0.39 is 0 Å². The standard InChI is InChI=1S/C10H15N/c1-9-5-2-3-6-10(9)7-4-8-11/h2-3,5-6H,4,7-8,11H2,1H3/i1D. The average molecular weight is 150 g/mol. The second-order valence-electron chi connectivity index (χ2n) is 2.66. The summed E-state index contributed by atoms with van der Waals surface area (Å²) in [5.74, 6) is 0. The van der Waals surface area contributed by atoms with E-state index in [9.17, 15) is 0 Å². The van der Waals surface area contributed by atoms with Crippen molar-refractivity contribution in [3.63, 3.8) is 0 Å². The van der Waals surface area contributed by atoms with Crippen LogP contribution in [0.4, 0.5) is 0 Å². The molecule has 0 amide bonds. The topological polar surface area (TPSA) is 26.0 Å². The van der Waals surface area contributed by atoms with Gasteiger partial charge in [0.05, 0.1) is 0 Å². The van der Waals surface area contributed by atoms with Crippen molar-refractivity contribution < 1.29 is 1.37 Å². The van der Waals surface area contributed by atoms with Gasteiger partial charge in [0, 0.05) is 1.37 Å². The van der Waals surface area contributed by atoms with Gasteiger partial charge in [0.2, 0.25) is 0 Å². The fourth-order valence-corrected chi connectivity index (χ4v) is 1.09. The average Bonchev–Trinajstić information content (AvgIpc) is 2.15. The molecule has 2 N–H and O–H groups in total. The first-order valence-corrected chi connectivity index (χ1v) is 3.94. The summed E-state index contributed by atoms with van der Waals surface area (Å²) in [5.41, 5.74) is 7.83. The predicted molar refractivity (Wildman–Crippen MR) is 48.6 cm³/mol. The van der Waals surface area contributed by atoms with Crippen LogP contribution in [-0.2, 0) is 6.42 Å². The zero-order valence-electron chi connectivity index (χ0n) is 7.72. The molecular weight excluding hydrogens is 134 g/mol. The fourth-order valence-electron chi connectivity index (χ4n) is 1.09. The fraction of sp³-hybridized carbons (Fsp3) is 0.400. The van der Waals surface area contributed by atoms with Crippen LogP contribution in [0.3, 0.4) is 0 Å². The molecule has 1 aromatic rings. The Bertz CT molecular complexity index is 235. The molecule has 1 nitrogen and oxygen atoms in total. The molecule has 0 spiro atoms. The van der Waals surface area contributed by atoms with Crippen molar-refractivity contribution in [2.45, 2.75) is 19.7 Å². The Hall–Kier alpha value is -0.820. The van der Waals surface area contributed by atoms with Crippen LogP contribution in [0.2, 0.25) is 0 Å². The first-order chi connectivity index (χ1) is 5.88. The molecule has 0 saturated carbocycles. The van der Waals surface area contributed by atoms with Gasteiger partial charge in [-0.1, -0.05) is 24.3 Å². The van der Waals surface area contributed by atoms with Crippen LogP contribution >= 0.6 is 0 Å². The van der Waals surface area contributed by atoms with E-state index in [0.717, 1.165) is 24.9 Å². The maximum absolute atomic E-state index is 7.29. The van der Waals surface area contributed by atoms with Gasteiger partial charge < -0.3 is 5.73 Å². The lowest BCUT2D eigenvalue weighted by molar-refractivity contribution is 0.828. The number of benzene rings is 1. The molecule has 0 fully saturated rings. The highest BCUT2D eigenvalue weighted by atomic mass is 14.5. The Morgan fingerprint density at radius 2 is 2.27 bits per heavy atom. The molecule has 0 bridgehead atoms. The normalized spacial score (nSPS) is 11.2. The van der Waals surface area contributed by atoms with Crippen molar-refractivity contribution in [3.8, 4) is 0 Å². The molecule has 60 valence electrons. The van der Waals surface area contributed by atoms with Gasteiger partial charge in [-0.2, -0.15) is 0 Å². The van der Waals surface area contributed by atoms with Gasteiger partial charge in [-0.15, -0.1) is 0 Å². The Kier molecular flexibility index (Phi) is 2.58. The Morgan fingerprint density at radius 1 is 1.45 bits per heavy atom. The molecule has 0 aliphatic rings. The monoisotopic (exact) mass is 150 g/mol. The summed E-state index contributed by atoms with van der Waals surface area (Å²) < 4.78 is 7.29. The van der Waals surface area contributed by atoms with Crippen LogP contribution in [0.1, 0.15) is 18.9 Å². The van der Waals surface area contributed by atoms with Crippen molar-refractivity contribution in [2.24, 2.45) is 5.73 Å². The minimum Gasteiger partial charge on any atom is -0.330 e. The van der Waals surface area contributed by atoms with Gasteiger partial charge in [0.1, 0.15) is 0 Å². The van der Waals surface area contributed by atoms with Crippen LogP contribution < -0.4 is 5.73 Å². The molecule has 0 aromatic heterocycles. The SMILES string of the molecule is [2H]Cc1ccccc1CCCN. The molecule has 0 unspecified atom stereocenters. The summed E-state index contributed by atoms with van der Waals surface area (Å²) in [6, 6.07) is 8.10. The third kappa shape index (κ3) is 2.35. The van der Waals surface area contributed by atoms with Crippen LogP contribution in [0, 0.1) is 6.90 Å². The lowest BCUT2D eigenvalue weighted by Crippen LogP contribution is -2.00. The van der Waals surface area contributed by atoms with E-state index in [0.29, 0.717) is 6.90 Å². The molecule has 0 radical (unpaired) electrons. The minimum absolute atomic E-state index is 0.376. The molecule has 1 rings (SSSR count). The molecule has 1 heteroatoms. The lowest BCUT2D eigenvalue weighted by atomic mass is 10.0. The van der Waals surface area contributed by atoms with Crippen LogP contribution in [0.15, 0.2) is 24.3 Å². The van der Waals surface area contributed by atoms with E-state index in [1.165, 1.54) is 5.56 Å². The smallest absolute Gasteiger partial charge is 0.0280 e. The summed E-state index contributed by atoms with van der Waals surface area (Å²) >= 11 is 0. The largest absolute Gasteiger partial charge is 0.330 e. The van der Waals surface area contributed by atoms with Crippen molar-refractivity contribution in [3.05, 3.63) is 35.4 Å². The Labute approximate surface area is 69.6 Å². The zero-order valence-corrected chi connectivity index (χ0v) is 6.72. The maximum atomic E-state index is 7.29. The van der Waals surface area contributed by atoms with Crippen LogP contribution in [0.5, 0.6) is 0 Å². The summed E-state index contributed by atoms with van der Waals surface area (Å²) in [7, 11) is 0. The first-order valence-electron chi connectivity index (χ1n) is 4.65. The number of hydrogen-bond acceptors (Lipinski definition) is 1. The van der Waals surface area contributed by atoms with Gasteiger partial charge in [0.15, 0.2) is 0 Å². The van der Waals surface area contributed by atoms with Gasteiger partial charge in [-0.05, 0) is 37.4 Å². The Balaban J connectivity index is 2.68. The number of rotatable bonds is 3. The molecule has 0 saturated heterocycles. The van der Waals surface area contributed by atoms with E-state index >= 15 is 0 Å². The number of hydrogen-bond donors (Lipinski definition) is 1. The second-order valence-corrected chi connectivity index (χ2v) is 2.66. The van der Waals surface area contributed by atoms with Gasteiger partial charge >= 0.3 is 0 Å². The van der Waals surface area contributed by atoms with Crippen LogP contribution in [0.25, 0.3) is 0 Å². The second kappa shape index (κ2) is 4.14. The number of aryl methyl sites for hydroxylation is 2. The van der Waals surface area contributed by atoms with E-state index in [1.807, 2.05) is 18.2 Å². The summed E-state index contributed by atoms with van der Waals surface area (Å²) in [5, 5.41) is 0. The first kappa shape index (κ1) is 6.86. The molecule has 11 heavy (non-hydrogen) atoms. The third-order valence-corrected chi connectivity index (χ3v) is 1.77. The predicted octanol–water partition coefficient (Wildman–Crippen LogP) is 1.89. The highest BCUT2D eigenvalue weighted by Gasteiger charge is 1.94. The van der Waals surface area contributed by atoms with Gasteiger partial charge in [0.25, 0.3) is 0 Å². The highest BCUT2D eigenvalue weighted by molar-refractivity contribution is 5.25. The maximum Gasteiger partial charge on any atom is 0.0280 e. The van der Waals surface area contributed by atoms with Crippen molar-refractivity contribution in [1.82, 2.24) is 0 Å². The molecule has 1 aromatic carbocycles. The molecule has 0 atom stereocenters.